The highest BCUT2D eigenvalue weighted by atomic mass is 16.7. The van der Waals surface area contributed by atoms with Crippen molar-refractivity contribution in [2.45, 2.75) is 18.9 Å². The number of Topliss-reactive ketones (excluding diaryl/α,β-unsaturated/α-hetero) is 1. The van der Waals surface area contributed by atoms with Crippen LogP contribution >= 0.6 is 0 Å². The van der Waals surface area contributed by atoms with E-state index in [1.165, 1.54) is 0 Å². The van der Waals surface area contributed by atoms with Crippen molar-refractivity contribution in [3.63, 3.8) is 0 Å². The molecule has 0 radical (unpaired) electrons. The number of carbonyl (C=O) groups is 1. The first-order chi connectivity index (χ1) is 5.83. The minimum atomic E-state index is -0.274. The second-order valence-corrected chi connectivity index (χ2v) is 3.19. The Morgan fingerprint density at radius 3 is 3.25 bits per heavy atom. The third-order valence-corrected chi connectivity index (χ3v) is 2.41. The molecule has 0 aromatic rings. The van der Waals surface area contributed by atoms with Gasteiger partial charge in [0.1, 0.15) is 6.04 Å². The average Bonchev–Trinajstić information content (AvgIpc) is 2.49. The molecule has 64 valence electrons. The van der Waals surface area contributed by atoms with Crippen molar-refractivity contribution in [2.24, 2.45) is 5.92 Å². The Hall–Kier alpha value is -0.920. The second-order valence-electron chi connectivity index (χ2n) is 3.19. The van der Waals surface area contributed by atoms with Crippen molar-refractivity contribution in [1.29, 1.82) is 5.26 Å². The van der Waals surface area contributed by atoms with Crippen molar-refractivity contribution in [1.82, 2.24) is 5.06 Å². The molecule has 2 heterocycles. The van der Waals surface area contributed by atoms with Crippen LogP contribution in [0.25, 0.3) is 0 Å². The van der Waals surface area contributed by atoms with Crippen LogP contribution in [0, 0.1) is 17.2 Å². The lowest BCUT2D eigenvalue weighted by molar-refractivity contribution is -0.159. The van der Waals surface area contributed by atoms with Gasteiger partial charge in [-0.15, -0.1) is 0 Å². The van der Waals surface area contributed by atoms with E-state index < -0.39 is 0 Å². The van der Waals surface area contributed by atoms with Gasteiger partial charge in [0.05, 0.1) is 18.6 Å². The van der Waals surface area contributed by atoms with Gasteiger partial charge in [0, 0.05) is 13.0 Å². The number of ketones is 1. The molecule has 0 amide bonds. The summed E-state index contributed by atoms with van der Waals surface area (Å²) in [5.41, 5.74) is 0. The lowest BCUT2D eigenvalue weighted by Crippen LogP contribution is -2.43. The number of fused-ring (bicyclic) bond motifs is 1. The summed E-state index contributed by atoms with van der Waals surface area (Å²) in [6.07, 6.45) is 1.45. The van der Waals surface area contributed by atoms with Crippen molar-refractivity contribution in [3.8, 4) is 6.07 Å². The number of rotatable bonds is 0. The molecule has 0 aromatic heterocycles. The smallest absolute Gasteiger partial charge is 0.153 e. The van der Waals surface area contributed by atoms with Crippen LogP contribution in [0.5, 0.6) is 0 Å². The Morgan fingerprint density at radius 1 is 1.67 bits per heavy atom. The SMILES string of the molecule is N#CC1CON2CCCC(=O)C12. The van der Waals surface area contributed by atoms with E-state index in [2.05, 4.69) is 6.07 Å². The van der Waals surface area contributed by atoms with Crippen LogP contribution < -0.4 is 0 Å². The van der Waals surface area contributed by atoms with Gasteiger partial charge in [-0.1, -0.05) is 0 Å². The summed E-state index contributed by atoms with van der Waals surface area (Å²) < 4.78 is 0. The molecule has 4 nitrogen and oxygen atoms in total. The summed E-state index contributed by atoms with van der Waals surface area (Å²) in [5.74, 6) is -0.0944. The molecule has 0 aromatic carbocycles. The van der Waals surface area contributed by atoms with E-state index in [1.807, 2.05) is 0 Å². The lowest BCUT2D eigenvalue weighted by Gasteiger charge is -2.26. The molecule has 2 fully saturated rings. The lowest BCUT2D eigenvalue weighted by atomic mass is 9.93. The molecular weight excluding hydrogens is 156 g/mol. The van der Waals surface area contributed by atoms with E-state index in [4.69, 9.17) is 10.1 Å². The molecule has 2 saturated heterocycles. The fourth-order valence-corrected chi connectivity index (χ4v) is 1.80. The average molecular weight is 166 g/mol. The van der Waals surface area contributed by atoms with E-state index in [9.17, 15) is 4.79 Å². The monoisotopic (exact) mass is 166 g/mol. The normalized spacial score (nSPS) is 36.1. The third-order valence-electron chi connectivity index (χ3n) is 2.41. The maximum atomic E-state index is 11.4. The molecule has 0 spiro atoms. The maximum Gasteiger partial charge on any atom is 0.153 e. The first kappa shape index (κ1) is 7.71. The molecule has 0 N–H and O–H groups in total. The number of hydrogen-bond donors (Lipinski definition) is 0. The predicted octanol–water partition coefficient (Wildman–Crippen LogP) is 0.105. The van der Waals surface area contributed by atoms with Crippen molar-refractivity contribution < 1.29 is 9.63 Å². The molecule has 2 aliphatic rings. The van der Waals surface area contributed by atoms with Crippen molar-refractivity contribution in [2.75, 3.05) is 13.2 Å². The highest BCUT2D eigenvalue weighted by Gasteiger charge is 2.42. The van der Waals surface area contributed by atoms with Crippen LogP contribution in [0.3, 0.4) is 0 Å². The zero-order valence-corrected chi connectivity index (χ0v) is 6.69. The molecule has 0 bridgehead atoms. The van der Waals surface area contributed by atoms with E-state index in [0.29, 0.717) is 13.0 Å². The molecule has 0 saturated carbocycles. The van der Waals surface area contributed by atoms with Crippen LogP contribution in [0.2, 0.25) is 0 Å². The van der Waals surface area contributed by atoms with E-state index in [-0.39, 0.29) is 17.7 Å². The Bertz CT molecular complexity index is 246. The van der Waals surface area contributed by atoms with Gasteiger partial charge in [0.25, 0.3) is 0 Å². The highest BCUT2D eigenvalue weighted by molar-refractivity contribution is 5.85. The van der Waals surface area contributed by atoms with E-state index >= 15 is 0 Å². The quantitative estimate of drug-likeness (QED) is 0.512. The molecule has 2 atom stereocenters. The topological polar surface area (TPSA) is 53.3 Å². The Morgan fingerprint density at radius 2 is 2.50 bits per heavy atom. The summed E-state index contributed by atoms with van der Waals surface area (Å²) in [4.78, 5) is 16.6. The first-order valence-electron chi connectivity index (χ1n) is 4.15. The zero-order valence-electron chi connectivity index (χ0n) is 6.69. The van der Waals surface area contributed by atoms with Crippen LogP contribution in [0.15, 0.2) is 0 Å². The Labute approximate surface area is 70.7 Å². The minimum Gasteiger partial charge on any atom is -0.298 e. The molecule has 2 unspecified atom stereocenters. The van der Waals surface area contributed by atoms with Crippen LogP contribution in [0.1, 0.15) is 12.8 Å². The molecule has 0 aliphatic carbocycles. The van der Waals surface area contributed by atoms with E-state index in [0.717, 1.165) is 13.0 Å². The van der Waals surface area contributed by atoms with Gasteiger partial charge < -0.3 is 0 Å². The highest BCUT2D eigenvalue weighted by Crippen LogP contribution is 2.26. The number of piperidine rings is 1. The summed E-state index contributed by atoms with van der Waals surface area (Å²) in [6.45, 7) is 1.17. The van der Waals surface area contributed by atoms with Gasteiger partial charge in [-0.2, -0.15) is 10.3 Å². The van der Waals surface area contributed by atoms with Crippen molar-refractivity contribution in [3.05, 3.63) is 0 Å². The van der Waals surface area contributed by atoms with Crippen LogP contribution in [-0.4, -0.2) is 30.0 Å². The van der Waals surface area contributed by atoms with Gasteiger partial charge in [-0.3, -0.25) is 9.63 Å². The van der Waals surface area contributed by atoms with Gasteiger partial charge in [0.15, 0.2) is 5.78 Å². The summed E-state index contributed by atoms with van der Waals surface area (Å²) in [7, 11) is 0. The largest absolute Gasteiger partial charge is 0.298 e. The molecule has 4 heteroatoms. The van der Waals surface area contributed by atoms with Gasteiger partial charge in [-0.05, 0) is 6.42 Å². The summed E-state index contributed by atoms with van der Waals surface area (Å²) >= 11 is 0. The Kier molecular flexibility index (Phi) is 1.83. The number of carbonyl (C=O) groups excluding carboxylic acids is 1. The molecular formula is C8H10N2O2. The summed E-state index contributed by atoms with van der Waals surface area (Å²) in [6, 6.07) is 1.83. The first-order valence-corrected chi connectivity index (χ1v) is 4.15. The van der Waals surface area contributed by atoms with E-state index in [1.54, 1.807) is 5.06 Å². The van der Waals surface area contributed by atoms with Crippen molar-refractivity contribution >= 4 is 5.78 Å². The van der Waals surface area contributed by atoms with Crippen LogP contribution in [0.4, 0.5) is 0 Å². The van der Waals surface area contributed by atoms with Crippen LogP contribution in [-0.2, 0) is 9.63 Å². The van der Waals surface area contributed by atoms with Gasteiger partial charge in [-0.25, -0.2) is 0 Å². The summed E-state index contributed by atoms with van der Waals surface area (Å²) in [5, 5.41) is 10.4. The standard InChI is InChI=1S/C8H10N2O2/c9-4-6-5-12-10-3-1-2-7(11)8(6)10/h6,8H,1-3,5H2. The molecule has 2 rings (SSSR count). The second kappa shape index (κ2) is 2.85. The zero-order chi connectivity index (χ0) is 8.55. The maximum absolute atomic E-state index is 11.4. The molecule has 2 aliphatic heterocycles. The Balaban J connectivity index is 2.18. The number of hydrogen-bond acceptors (Lipinski definition) is 4. The van der Waals surface area contributed by atoms with Gasteiger partial charge >= 0.3 is 0 Å². The molecule has 12 heavy (non-hydrogen) atoms. The third kappa shape index (κ3) is 1.02. The number of nitriles is 1. The number of nitrogens with zero attached hydrogens (tertiary/aromatic N) is 2. The van der Waals surface area contributed by atoms with Gasteiger partial charge in [0.2, 0.25) is 0 Å². The minimum absolute atomic E-state index is 0.158. The fourth-order valence-electron chi connectivity index (χ4n) is 1.80. The predicted molar refractivity (Wildman–Crippen MR) is 39.8 cm³/mol. The fraction of sp³-hybridized carbons (Fsp3) is 0.750. The number of hydroxylamine groups is 2.